The van der Waals surface area contributed by atoms with Gasteiger partial charge >= 0.3 is 6.18 Å². The summed E-state index contributed by atoms with van der Waals surface area (Å²) in [5.74, 6) is -1.21. The van der Waals surface area contributed by atoms with E-state index in [0.717, 1.165) is 12.1 Å². The van der Waals surface area contributed by atoms with Crippen LogP contribution in [0.25, 0.3) is 10.9 Å². The third kappa shape index (κ3) is 4.87. The van der Waals surface area contributed by atoms with Gasteiger partial charge < -0.3 is 11.1 Å². The van der Waals surface area contributed by atoms with E-state index < -0.39 is 35.0 Å². The molecule has 3 aromatic rings. The molecule has 2 amide bonds. The summed E-state index contributed by atoms with van der Waals surface area (Å²) in [7, 11) is 0. The van der Waals surface area contributed by atoms with Crippen LogP contribution in [0.3, 0.4) is 0 Å². The van der Waals surface area contributed by atoms with Crippen molar-refractivity contribution in [1.29, 1.82) is 0 Å². The van der Waals surface area contributed by atoms with Crippen molar-refractivity contribution >= 4 is 22.7 Å². The molecule has 2 aromatic carbocycles. The van der Waals surface area contributed by atoms with E-state index in [1.54, 1.807) is 49.7 Å². The molecule has 1 atom stereocenters. The molecule has 3 rings (SSSR count). The zero-order valence-corrected chi connectivity index (χ0v) is 17.3. The smallest absolute Gasteiger partial charge is 0.368 e. The number of nitrogens with two attached hydrogens (primary N) is 1. The van der Waals surface area contributed by atoms with Crippen molar-refractivity contribution in [3.63, 3.8) is 0 Å². The van der Waals surface area contributed by atoms with Crippen LogP contribution >= 0.6 is 0 Å². The number of carbonyl (C=O) groups excluding carboxylic acids is 2. The SMILES string of the molecule is CC(C)(C)[C@H](NC(=O)c1nn(Cc2ccc(C(F)(F)F)cc2)c2ccccc12)C(N)=O. The predicted octanol–water partition coefficient (Wildman–Crippen LogP) is 3.73. The van der Waals surface area contributed by atoms with Crippen LogP contribution in [0.2, 0.25) is 0 Å². The largest absolute Gasteiger partial charge is 0.416 e. The van der Waals surface area contributed by atoms with Crippen LogP contribution in [0.5, 0.6) is 0 Å². The number of primary amides is 1. The lowest BCUT2D eigenvalue weighted by atomic mass is 9.86. The molecule has 31 heavy (non-hydrogen) atoms. The summed E-state index contributed by atoms with van der Waals surface area (Å²) >= 11 is 0. The van der Waals surface area contributed by atoms with Gasteiger partial charge in [-0.15, -0.1) is 0 Å². The Hall–Kier alpha value is -3.36. The Morgan fingerprint density at radius 1 is 1.06 bits per heavy atom. The molecule has 0 aliphatic carbocycles. The molecule has 0 fully saturated rings. The van der Waals surface area contributed by atoms with E-state index in [1.807, 2.05) is 0 Å². The number of para-hydroxylation sites is 1. The highest BCUT2D eigenvalue weighted by Crippen LogP contribution is 2.29. The summed E-state index contributed by atoms with van der Waals surface area (Å²) in [4.78, 5) is 24.7. The van der Waals surface area contributed by atoms with Crippen molar-refractivity contribution < 1.29 is 22.8 Å². The van der Waals surface area contributed by atoms with Gasteiger partial charge in [0.05, 0.1) is 17.6 Å². The lowest BCUT2D eigenvalue weighted by Gasteiger charge is -2.28. The average Bonchev–Trinajstić information content (AvgIpc) is 3.03. The number of carbonyl (C=O) groups is 2. The predicted molar refractivity (Wildman–Crippen MR) is 110 cm³/mol. The fourth-order valence-corrected chi connectivity index (χ4v) is 3.30. The molecule has 3 N–H and O–H groups in total. The first-order valence-corrected chi connectivity index (χ1v) is 9.60. The van der Waals surface area contributed by atoms with Crippen LogP contribution in [-0.4, -0.2) is 27.6 Å². The molecule has 0 bridgehead atoms. The van der Waals surface area contributed by atoms with Gasteiger partial charge in [-0.2, -0.15) is 18.3 Å². The van der Waals surface area contributed by atoms with Crippen LogP contribution in [0.1, 0.15) is 42.4 Å². The summed E-state index contributed by atoms with van der Waals surface area (Å²) in [6.45, 7) is 5.52. The van der Waals surface area contributed by atoms with Gasteiger partial charge in [0.2, 0.25) is 5.91 Å². The van der Waals surface area contributed by atoms with Gasteiger partial charge in [0.25, 0.3) is 5.91 Å². The summed E-state index contributed by atoms with van der Waals surface area (Å²) in [6, 6.07) is 10.9. The number of benzene rings is 2. The first kappa shape index (κ1) is 22.3. The van der Waals surface area contributed by atoms with Crippen molar-refractivity contribution in [2.75, 3.05) is 0 Å². The number of halogens is 3. The highest BCUT2D eigenvalue weighted by Gasteiger charge is 2.33. The molecule has 0 unspecified atom stereocenters. The Balaban J connectivity index is 1.93. The maximum Gasteiger partial charge on any atom is 0.416 e. The zero-order valence-electron chi connectivity index (χ0n) is 17.3. The van der Waals surface area contributed by atoms with Crippen LogP contribution < -0.4 is 11.1 Å². The van der Waals surface area contributed by atoms with E-state index >= 15 is 0 Å². The molecule has 0 aliphatic heterocycles. The van der Waals surface area contributed by atoms with Gasteiger partial charge in [-0.3, -0.25) is 14.3 Å². The van der Waals surface area contributed by atoms with E-state index in [1.165, 1.54) is 12.1 Å². The van der Waals surface area contributed by atoms with Crippen LogP contribution in [0, 0.1) is 5.41 Å². The number of nitrogens with one attached hydrogen (secondary N) is 1. The van der Waals surface area contributed by atoms with Gasteiger partial charge in [-0.05, 0) is 29.2 Å². The van der Waals surface area contributed by atoms with E-state index in [2.05, 4.69) is 10.4 Å². The molecule has 6 nitrogen and oxygen atoms in total. The summed E-state index contributed by atoms with van der Waals surface area (Å²) in [5, 5.41) is 7.59. The second kappa shape index (κ2) is 8.05. The summed E-state index contributed by atoms with van der Waals surface area (Å²) in [5.41, 5.74) is 5.46. The average molecular weight is 432 g/mol. The van der Waals surface area contributed by atoms with Crippen molar-refractivity contribution in [3.8, 4) is 0 Å². The van der Waals surface area contributed by atoms with Gasteiger partial charge in [0.1, 0.15) is 6.04 Å². The Bertz CT molecular complexity index is 1110. The van der Waals surface area contributed by atoms with E-state index in [-0.39, 0.29) is 12.2 Å². The molecule has 1 heterocycles. The van der Waals surface area contributed by atoms with Gasteiger partial charge in [-0.25, -0.2) is 0 Å². The maximum absolute atomic E-state index is 12.9. The molecule has 0 spiro atoms. The lowest BCUT2D eigenvalue weighted by molar-refractivity contribution is -0.137. The quantitative estimate of drug-likeness (QED) is 0.644. The summed E-state index contributed by atoms with van der Waals surface area (Å²) in [6.07, 6.45) is -4.41. The minimum atomic E-state index is -4.41. The first-order valence-electron chi connectivity index (χ1n) is 9.60. The lowest BCUT2D eigenvalue weighted by Crippen LogP contribution is -2.52. The van der Waals surface area contributed by atoms with Crippen molar-refractivity contribution in [2.45, 2.75) is 39.5 Å². The fourth-order valence-electron chi connectivity index (χ4n) is 3.30. The molecular formula is C22H23F3N4O2. The van der Waals surface area contributed by atoms with Crippen LogP contribution in [0.4, 0.5) is 13.2 Å². The number of amides is 2. The molecule has 164 valence electrons. The third-order valence-electron chi connectivity index (χ3n) is 4.91. The minimum Gasteiger partial charge on any atom is -0.368 e. The number of rotatable bonds is 5. The molecule has 1 aromatic heterocycles. The number of fused-ring (bicyclic) bond motifs is 1. The topological polar surface area (TPSA) is 90.0 Å². The van der Waals surface area contributed by atoms with Crippen molar-refractivity contribution in [3.05, 3.63) is 65.4 Å². The molecule has 0 radical (unpaired) electrons. The zero-order chi connectivity index (χ0) is 23.0. The fraction of sp³-hybridized carbons (Fsp3) is 0.318. The number of hydrogen-bond donors (Lipinski definition) is 2. The molecular weight excluding hydrogens is 409 g/mol. The Morgan fingerprint density at radius 2 is 1.68 bits per heavy atom. The Morgan fingerprint density at radius 3 is 2.23 bits per heavy atom. The van der Waals surface area contributed by atoms with Crippen molar-refractivity contribution in [2.24, 2.45) is 11.1 Å². The van der Waals surface area contributed by atoms with Crippen molar-refractivity contribution in [1.82, 2.24) is 15.1 Å². The van der Waals surface area contributed by atoms with Crippen LogP contribution in [0.15, 0.2) is 48.5 Å². The first-order chi connectivity index (χ1) is 14.4. The molecule has 0 saturated heterocycles. The maximum atomic E-state index is 12.9. The number of hydrogen-bond acceptors (Lipinski definition) is 3. The Labute approximate surface area is 177 Å². The number of alkyl halides is 3. The standard InChI is InChI=1S/C22H23F3N4O2/c1-21(2,3)18(19(26)30)27-20(31)17-15-6-4-5-7-16(15)29(28-17)12-13-8-10-14(11-9-13)22(23,24)25/h4-11,18H,12H2,1-3H3,(H2,26,30)(H,27,31)/t18-/m1/s1. The second-order valence-corrected chi connectivity index (χ2v) is 8.39. The molecule has 9 heteroatoms. The van der Waals surface area contributed by atoms with Gasteiger partial charge in [-0.1, -0.05) is 51.1 Å². The van der Waals surface area contributed by atoms with Gasteiger partial charge in [0, 0.05) is 5.39 Å². The molecule has 0 saturated carbocycles. The normalized spacial score (nSPS) is 13.2. The highest BCUT2D eigenvalue weighted by atomic mass is 19.4. The summed E-state index contributed by atoms with van der Waals surface area (Å²) < 4.78 is 39.9. The number of aromatic nitrogens is 2. The number of nitrogens with zero attached hydrogens (tertiary/aromatic N) is 2. The second-order valence-electron chi connectivity index (χ2n) is 8.39. The van der Waals surface area contributed by atoms with E-state index in [9.17, 15) is 22.8 Å². The molecule has 0 aliphatic rings. The van der Waals surface area contributed by atoms with Gasteiger partial charge in [0.15, 0.2) is 5.69 Å². The minimum absolute atomic E-state index is 0.109. The van der Waals surface area contributed by atoms with Crippen LogP contribution in [-0.2, 0) is 17.5 Å². The third-order valence-corrected chi connectivity index (χ3v) is 4.91. The van der Waals surface area contributed by atoms with E-state index in [0.29, 0.717) is 16.5 Å². The Kier molecular flexibility index (Phi) is 5.80. The monoisotopic (exact) mass is 432 g/mol. The van der Waals surface area contributed by atoms with E-state index in [4.69, 9.17) is 5.73 Å². The highest BCUT2D eigenvalue weighted by molar-refractivity contribution is 6.06.